The van der Waals surface area contributed by atoms with E-state index in [-0.39, 0.29) is 17.9 Å². The number of furan rings is 1. The van der Waals surface area contributed by atoms with Gasteiger partial charge in [-0.25, -0.2) is 0 Å². The summed E-state index contributed by atoms with van der Waals surface area (Å²) in [6.07, 6.45) is 3.65. The van der Waals surface area contributed by atoms with E-state index >= 15 is 0 Å². The van der Waals surface area contributed by atoms with Gasteiger partial charge < -0.3 is 14.6 Å². The summed E-state index contributed by atoms with van der Waals surface area (Å²) in [5.41, 5.74) is 1.10. The van der Waals surface area contributed by atoms with E-state index in [2.05, 4.69) is 5.32 Å². The lowest BCUT2D eigenvalue weighted by Crippen LogP contribution is -2.37. The first-order chi connectivity index (χ1) is 12.1. The Morgan fingerprint density at radius 1 is 1.28 bits per heavy atom. The molecule has 0 radical (unpaired) electrons. The second kappa shape index (κ2) is 8.21. The van der Waals surface area contributed by atoms with Crippen molar-refractivity contribution < 1.29 is 14.0 Å². The van der Waals surface area contributed by atoms with Crippen LogP contribution in [0.15, 0.2) is 47.1 Å². The van der Waals surface area contributed by atoms with E-state index in [9.17, 15) is 9.59 Å². The Bertz CT molecular complexity index is 730. The topological polar surface area (TPSA) is 62.6 Å². The SMILES string of the molecule is O=C(CCc1ccco1)NC1CC(=O)N(CCc2cccc(Cl)c2)C1. The van der Waals surface area contributed by atoms with Crippen LogP contribution in [0.2, 0.25) is 5.02 Å². The molecule has 1 N–H and O–H groups in total. The third-order valence-corrected chi connectivity index (χ3v) is 4.55. The highest BCUT2D eigenvalue weighted by Crippen LogP contribution is 2.15. The number of nitrogens with zero attached hydrogens (tertiary/aromatic N) is 1. The molecule has 2 heterocycles. The molecule has 0 saturated carbocycles. The summed E-state index contributed by atoms with van der Waals surface area (Å²) in [6, 6.07) is 11.2. The fourth-order valence-electron chi connectivity index (χ4n) is 3.03. The van der Waals surface area contributed by atoms with Crippen LogP contribution in [-0.2, 0) is 22.4 Å². The van der Waals surface area contributed by atoms with E-state index < -0.39 is 0 Å². The van der Waals surface area contributed by atoms with Gasteiger partial charge >= 0.3 is 0 Å². The Morgan fingerprint density at radius 2 is 2.16 bits per heavy atom. The highest BCUT2D eigenvalue weighted by molar-refractivity contribution is 6.30. The van der Waals surface area contributed by atoms with E-state index in [0.29, 0.717) is 37.4 Å². The molecule has 1 aromatic carbocycles. The Morgan fingerprint density at radius 3 is 2.92 bits per heavy atom. The van der Waals surface area contributed by atoms with Gasteiger partial charge in [0.2, 0.25) is 11.8 Å². The van der Waals surface area contributed by atoms with Gasteiger partial charge in [0.1, 0.15) is 5.76 Å². The lowest BCUT2D eigenvalue weighted by molar-refractivity contribution is -0.127. The molecule has 0 spiro atoms. The number of halogens is 1. The van der Waals surface area contributed by atoms with Crippen LogP contribution in [0, 0.1) is 0 Å². The molecule has 6 heteroatoms. The zero-order chi connectivity index (χ0) is 17.6. The van der Waals surface area contributed by atoms with Gasteiger partial charge in [0.15, 0.2) is 0 Å². The summed E-state index contributed by atoms with van der Waals surface area (Å²) in [6.45, 7) is 1.20. The number of carbonyl (C=O) groups excluding carboxylic acids is 2. The van der Waals surface area contributed by atoms with Crippen LogP contribution in [0.3, 0.4) is 0 Å². The van der Waals surface area contributed by atoms with Crippen LogP contribution >= 0.6 is 11.6 Å². The maximum absolute atomic E-state index is 12.1. The molecule has 1 unspecified atom stereocenters. The molecule has 1 aliphatic rings. The average Bonchev–Trinajstić information content (AvgIpc) is 3.21. The fraction of sp³-hybridized carbons (Fsp3) is 0.368. The molecule has 2 aromatic rings. The van der Waals surface area contributed by atoms with E-state index in [4.69, 9.17) is 16.0 Å². The van der Waals surface area contributed by atoms with Gasteiger partial charge in [-0.3, -0.25) is 9.59 Å². The predicted octanol–water partition coefficient (Wildman–Crippen LogP) is 2.83. The van der Waals surface area contributed by atoms with Crippen molar-refractivity contribution in [3.05, 3.63) is 59.0 Å². The first-order valence-electron chi connectivity index (χ1n) is 8.44. The third kappa shape index (κ3) is 5.10. The maximum Gasteiger partial charge on any atom is 0.224 e. The minimum absolute atomic E-state index is 0.0501. The van der Waals surface area contributed by atoms with E-state index in [1.807, 2.05) is 30.3 Å². The standard InChI is InChI=1S/C19H21ClN2O3/c20-15-4-1-3-14(11-15)8-9-22-13-16(12-19(22)24)21-18(23)7-6-17-5-2-10-25-17/h1-5,10-11,16H,6-9,12-13H2,(H,21,23). The number of amides is 2. The molecule has 1 atom stereocenters. The van der Waals surface area contributed by atoms with Crippen molar-refractivity contribution in [3.63, 3.8) is 0 Å². The molecule has 132 valence electrons. The largest absolute Gasteiger partial charge is 0.469 e. The van der Waals surface area contributed by atoms with Gasteiger partial charge in [0.25, 0.3) is 0 Å². The van der Waals surface area contributed by atoms with Crippen LogP contribution < -0.4 is 5.32 Å². The van der Waals surface area contributed by atoms with E-state index in [0.717, 1.165) is 17.7 Å². The molecule has 0 aliphatic carbocycles. The van der Waals surface area contributed by atoms with Gasteiger partial charge in [0, 0.05) is 37.4 Å². The summed E-state index contributed by atoms with van der Waals surface area (Å²) >= 11 is 5.98. The summed E-state index contributed by atoms with van der Waals surface area (Å²) < 4.78 is 5.22. The van der Waals surface area contributed by atoms with Crippen molar-refractivity contribution >= 4 is 23.4 Å². The van der Waals surface area contributed by atoms with Crippen LogP contribution in [0.5, 0.6) is 0 Å². The number of rotatable bonds is 7. The number of hydrogen-bond donors (Lipinski definition) is 1. The minimum Gasteiger partial charge on any atom is -0.469 e. The molecular formula is C19H21ClN2O3. The number of likely N-dealkylation sites (tertiary alicyclic amines) is 1. The Balaban J connectivity index is 1.43. The monoisotopic (exact) mass is 360 g/mol. The molecule has 25 heavy (non-hydrogen) atoms. The van der Waals surface area contributed by atoms with Crippen molar-refractivity contribution in [1.29, 1.82) is 0 Å². The van der Waals surface area contributed by atoms with Crippen molar-refractivity contribution in [3.8, 4) is 0 Å². The smallest absolute Gasteiger partial charge is 0.224 e. The second-order valence-electron chi connectivity index (χ2n) is 6.27. The molecule has 1 saturated heterocycles. The highest BCUT2D eigenvalue weighted by atomic mass is 35.5. The molecule has 1 aromatic heterocycles. The van der Waals surface area contributed by atoms with Gasteiger partial charge in [-0.2, -0.15) is 0 Å². The molecule has 5 nitrogen and oxygen atoms in total. The summed E-state index contributed by atoms with van der Waals surface area (Å²) in [5, 5.41) is 3.65. The van der Waals surface area contributed by atoms with E-state index in [1.54, 1.807) is 17.2 Å². The van der Waals surface area contributed by atoms with Gasteiger partial charge in [-0.15, -0.1) is 0 Å². The highest BCUT2D eigenvalue weighted by Gasteiger charge is 2.30. The Kier molecular flexibility index (Phi) is 5.76. The van der Waals surface area contributed by atoms with Crippen molar-refractivity contribution in [2.24, 2.45) is 0 Å². The molecule has 1 fully saturated rings. The van der Waals surface area contributed by atoms with Crippen LogP contribution in [0.1, 0.15) is 24.2 Å². The maximum atomic E-state index is 12.1. The number of aryl methyl sites for hydroxylation is 1. The number of nitrogens with one attached hydrogen (secondary N) is 1. The second-order valence-corrected chi connectivity index (χ2v) is 6.70. The predicted molar refractivity (Wildman–Crippen MR) is 95.3 cm³/mol. The molecule has 2 amide bonds. The van der Waals surface area contributed by atoms with Crippen LogP contribution in [0.25, 0.3) is 0 Å². The molecule has 0 bridgehead atoms. The Labute approximate surface area is 151 Å². The first kappa shape index (κ1) is 17.5. The third-order valence-electron chi connectivity index (χ3n) is 4.32. The summed E-state index contributed by atoms with van der Waals surface area (Å²) in [5.74, 6) is 0.824. The Hall–Kier alpha value is -2.27. The summed E-state index contributed by atoms with van der Waals surface area (Å²) in [4.78, 5) is 26.0. The number of hydrogen-bond acceptors (Lipinski definition) is 3. The lowest BCUT2D eigenvalue weighted by atomic mass is 10.1. The minimum atomic E-state index is -0.115. The molecule has 1 aliphatic heterocycles. The normalized spacial score (nSPS) is 17.1. The van der Waals surface area contributed by atoms with Crippen molar-refractivity contribution in [2.75, 3.05) is 13.1 Å². The zero-order valence-corrected chi connectivity index (χ0v) is 14.7. The fourth-order valence-corrected chi connectivity index (χ4v) is 3.25. The van der Waals surface area contributed by atoms with Crippen LogP contribution in [-0.4, -0.2) is 35.8 Å². The van der Waals surface area contributed by atoms with Gasteiger partial charge in [-0.1, -0.05) is 23.7 Å². The van der Waals surface area contributed by atoms with Crippen LogP contribution in [0.4, 0.5) is 0 Å². The average molecular weight is 361 g/mol. The summed E-state index contributed by atoms with van der Waals surface area (Å²) in [7, 11) is 0. The first-order valence-corrected chi connectivity index (χ1v) is 8.82. The zero-order valence-electron chi connectivity index (χ0n) is 13.9. The lowest BCUT2D eigenvalue weighted by Gasteiger charge is -2.17. The number of benzene rings is 1. The van der Waals surface area contributed by atoms with Gasteiger partial charge in [-0.05, 0) is 36.2 Å². The molecule has 3 rings (SSSR count). The quantitative estimate of drug-likeness (QED) is 0.825. The number of carbonyl (C=O) groups is 2. The van der Waals surface area contributed by atoms with Crippen molar-refractivity contribution in [1.82, 2.24) is 10.2 Å². The van der Waals surface area contributed by atoms with Crippen molar-refractivity contribution in [2.45, 2.75) is 31.7 Å². The molecular weight excluding hydrogens is 340 g/mol. The van der Waals surface area contributed by atoms with E-state index in [1.165, 1.54) is 0 Å². The van der Waals surface area contributed by atoms with Gasteiger partial charge in [0.05, 0.1) is 12.3 Å².